The van der Waals surface area contributed by atoms with Gasteiger partial charge in [-0.1, -0.05) is 69.3 Å². The number of nitriles is 6. The summed E-state index contributed by atoms with van der Waals surface area (Å²) in [7, 11) is 0. The van der Waals surface area contributed by atoms with Crippen molar-refractivity contribution >= 4 is 87.2 Å². The van der Waals surface area contributed by atoms with E-state index in [4.69, 9.17) is 4.98 Å². The van der Waals surface area contributed by atoms with Crippen LogP contribution in [-0.4, -0.2) is 23.3 Å². The molecule has 0 bridgehead atoms. The largest absolute Gasteiger partial charge is 0.309 e. The van der Waals surface area contributed by atoms with E-state index >= 15 is 0 Å². The Morgan fingerprint density at radius 2 is 0.637 bits per heavy atom. The fourth-order valence-electron chi connectivity index (χ4n) is 12.2. The molecule has 0 N–H and O–H groups in total. The zero-order valence-corrected chi connectivity index (χ0v) is 43.2. The fourth-order valence-corrected chi connectivity index (χ4v) is 12.2. The molecule has 0 aliphatic rings. The van der Waals surface area contributed by atoms with Crippen LogP contribution in [0, 0.1) is 68.0 Å². The topological polar surface area (TPSA) is 175 Å². The lowest BCUT2D eigenvalue weighted by Crippen LogP contribution is -2.23. The molecule has 5 aromatic heterocycles. The molecule has 5 heterocycles. The lowest BCUT2D eigenvalue weighted by atomic mass is 9.83. The van der Waals surface area contributed by atoms with E-state index in [-0.39, 0.29) is 0 Å². The maximum absolute atomic E-state index is 10.4. The number of nitrogens with zero attached hydrogens (tertiary/aromatic N) is 11. The van der Waals surface area contributed by atoms with Crippen LogP contribution in [0.25, 0.3) is 121 Å². The van der Waals surface area contributed by atoms with E-state index in [0.717, 1.165) is 110 Å². The van der Waals surface area contributed by atoms with Crippen molar-refractivity contribution in [3.8, 4) is 70.6 Å². The lowest BCUT2D eigenvalue weighted by molar-refractivity contribution is 0.583. The summed E-state index contributed by atoms with van der Waals surface area (Å²) < 4.78 is 8.84. The van der Waals surface area contributed by atoms with Gasteiger partial charge in [0.15, 0.2) is 5.82 Å². The third kappa shape index (κ3) is 6.77. The molecule has 0 amide bonds. The molecular weight excluding hydrogens is 983 g/mol. The SMILES string of the molecule is CC(C)(C)c1c(-n2c3ccc(C#N)cc3c3cc(C#N)ccc32)c(-c2ccc(-n3c4ccccc4c4ccccc43)cc2)nc(-n2c3ccc(C#N)cc3c3cc(C#N)ccc32)c1-n1c2ccc(C#N)cc2c2cc(C#N)ccc21. The van der Waals surface area contributed by atoms with Crippen molar-refractivity contribution in [2.24, 2.45) is 0 Å². The Kier molecular flexibility index (Phi) is 10.2. The number of fused-ring (bicyclic) bond motifs is 12. The maximum Gasteiger partial charge on any atom is 0.163 e. The van der Waals surface area contributed by atoms with Crippen LogP contribution in [0.1, 0.15) is 59.7 Å². The zero-order valence-electron chi connectivity index (χ0n) is 43.2. The Morgan fingerprint density at radius 3 is 0.975 bits per heavy atom. The first-order chi connectivity index (χ1) is 39.0. The Balaban J connectivity index is 1.23. The Hall–Kier alpha value is -11.7. The molecule has 0 atom stereocenters. The van der Waals surface area contributed by atoms with E-state index in [1.54, 1.807) is 24.3 Å². The minimum atomic E-state index is -0.745. The summed E-state index contributed by atoms with van der Waals surface area (Å²) in [5.41, 5.74) is 13.4. The summed E-state index contributed by atoms with van der Waals surface area (Å²) in [5, 5.41) is 69.0. The molecule has 14 aromatic rings. The number of aromatic nitrogens is 5. The number of para-hydroxylation sites is 2. The average molecular weight is 1020 g/mol. The van der Waals surface area contributed by atoms with Crippen LogP contribution >= 0.6 is 0 Å². The minimum Gasteiger partial charge on any atom is -0.309 e. The van der Waals surface area contributed by atoms with Gasteiger partial charge in [0, 0.05) is 59.9 Å². The standard InChI is InChI=1S/C69H39N11/c1-69(2,3)64-66(78-58-22-12-40(34-70)28-50(58)51-29-41(35-71)13-23-59(51)78)65(46-18-20-47(21-19-46)77-56-10-6-4-8-48(56)49-9-5-7-11-57(49)77)76-68(80-62-26-16-44(38-74)32-54(62)55-33-45(39-75)17-27-63(55)80)67(64)79-60-24-14-42(36-72)30-52(60)53-31-43(37-73)15-25-61(53)79/h4-33H,1-3H3. The van der Waals surface area contributed by atoms with Gasteiger partial charge in [0.05, 0.1) is 131 Å². The molecule has 370 valence electrons. The molecule has 0 saturated heterocycles. The normalized spacial score (nSPS) is 11.6. The molecule has 0 spiro atoms. The highest BCUT2D eigenvalue weighted by atomic mass is 15.2. The molecule has 9 aromatic carbocycles. The monoisotopic (exact) mass is 1020 g/mol. The van der Waals surface area contributed by atoms with Crippen LogP contribution in [0.2, 0.25) is 0 Å². The van der Waals surface area contributed by atoms with Gasteiger partial charge in [-0.3, -0.25) is 4.57 Å². The van der Waals surface area contributed by atoms with Gasteiger partial charge in [-0.2, -0.15) is 31.6 Å². The number of benzene rings is 9. The molecule has 0 saturated carbocycles. The third-order valence-electron chi connectivity index (χ3n) is 15.6. The van der Waals surface area contributed by atoms with Crippen LogP contribution in [-0.2, 0) is 5.41 Å². The number of hydrogen-bond acceptors (Lipinski definition) is 7. The van der Waals surface area contributed by atoms with E-state index in [9.17, 15) is 31.6 Å². The molecule has 11 heteroatoms. The lowest BCUT2D eigenvalue weighted by Gasteiger charge is -2.32. The van der Waals surface area contributed by atoms with Crippen molar-refractivity contribution in [2.75, 3.05) is 0 Å². The van der Waals surface area contributed by atoms with Crippen molar-refractivity contribution in [1.82, 2.24) is 23.3 Å². The van der Waals surface area contributed by atoms with Crippen molar-refractivity contribution in [3.05, 3.63) is 221 Å². The number of hydrogen-bond donors (Lipinski definition) is 0. The second-order valence-corrected chi connectivity index (χ2v) is 21.1. The average Bonchev–Trinajstić information content (AvgIpc) is 4.22. The highest BCUT2D eigenvalue weighted by Gasteiger charge is 2.35. The summed E-state index contributed by atoms with van der Waals surface area (Å²) >= 11 is 0. The summed E-state index contributed by atoms with van der Waals surface area (Å²) in [4.78, 5) is 6.09. The molecule has 14 rings (SSSR count). The van der Waals surface area contributed by atoms with Crippen LogP contribution in [0.4, 0.5) is 0 Å². The maximum atomic E-state index is 10.4. The van der Waals surface area contributed by atoms with Gasteiger partial charge < -0.3 is 13.7 Å². The van der Waals surface area contributed by atoms with Gasteiger partial charge in [-0.25, -0.2) is 4.98 Å². The molecule has 0 radical (unpaired) electrons. The smallest absolute Gasteiger partial charge is 0.163 e. The zero-order chi connectivity index (χ0) is 54.7. The summed E-state index contributed by atoms with van der Waals surface area (Å²) in [6.07, 6.45) is 0. The fraction of sp³-hybridized carbons (Fsp3) is 0.0580. The van der Waals surface area contributed by atoms with Crippen molar-refractivity contribution in [3.63, 3.8) is 0 Å². The van der Waals surface area contributed by atoms with Gasteiger partial charge in [0.1, 0.15) is 0 Å². The number of pyridine rings is 1. The quantitative estimate of drug-likeness (QED) is 0.165. The second kappa shape index (κ2) is 17.4. The van der Waals surface area contributed by atoms with E-state index in [1.807, 2.05) is 84.9 Å². The first-order valence-electron chi connectivity index (χ1n) is 25.9. The Labute approximate surface area is 457 Å². The van der Waals surface area contributed by atoms with Crippen LogP contribution in [0.3, 0.4) is 0 Å². The van der Waals surface area contributed by atoms with E-state index in [0.29, 0.717) is 50.6 Å². The highest BCUT2D eigenvalue weighted by Crippen LogP contribution is 2.49. The van der Waals surface area contributed by atoms with Gasteiger partial charge in [-0.05, 0) is 139 Å². The molecule has 0 unspecified atom stereocenters. The molecule has 0 fully saturated rings. The molecule has 0 aliphatic heterocycles. The predicted octanol–water partition coefficient (Wildman–Crippen LogP) is 15.7. The van der Waals surface area contributed by atoms with Crippen molar-refractivity contribution in [2.45, 2.75) is 26.2 Å². The molecular formula is C69H39N11. The molecule has 0 aliphatic carbocycles. The third-order valence-corrected chi connectivity index (χ3v) is 15.6. The first-order valence-corrected chi connectivity index (χ1v) is 25.9. The summed E-state index contributed by atoms with van der Waals surface area (Å²) in [6.45, 7) is 6.55. The van der Waals surface area contributed by atoms with Crippen LogP contribution in [0.5, 0.6) is 0 Å². The van der Waals surface area contributed by atoms with Crippen LogP contribution < -0.4 is 0 Å². The minimum absolute atomic E-state index is 0.455. The summed E-state index contributed by atoms with van der Waals surface area (Å²) in [5.74, 6) is 0.529. The number of rotatable bonds is 5. The second-order valence-electron chi connectivity index (χ2n) is 21.1. The summed E-state index contributed by atoms with van der Waals surface area (Å²) in [6, 6.07) is 73.2. The van der Waals surface area contributed by atoms with Crippen LogP contribution in [0.15, 0.2) is 182 Å². The molecule has 80 heavy (non-hydrogen) atoms. The molecule has 11 nitrogen and oxygen atoms in total. The van der Waals surface area contributed by atoms with Crippen molar-refractivity contribution < 1.29 is 0 Å². The van der Waals surface area contributed by atoms with Gasteiger partial charge >= 0.3 is 0 Å². The van der Waals surface area contributed by atoms with E-state index in [2.05, 4.69) is 148 Å². The van der Waals surface area contributed by atoms with Crippen molar-refractivity contribution in [1.29, 1.82) is 31.6 Å². The van der Waals surface area contributed by atoms with E-state index in [1.165, 1.54) is 0 Å². The van der Waals surface area contributed by atoms with Gasteiger partial charge in [0.2, 0.25) is 0 Å². The highest BCUT2D eigenvalue weighted by molar-refractivity contribution is 6.15. The Bertz CT molecular complexity index is 5090. The van der Waals surface area contributed by atoms with E-state index < -0.39 is 5.41 Å². The van der Waals surface area contributed by atoms with Gasteiger partial charge in [0.25, 0.3) is 0 Å². The van der Waals surface area contributed by atoms with Gasteiger partial charge in [-0.15, -0.1) is 0 Å². The Morgan fingerprint density at radius 1 is 0.325 bits per heavy atom. The predicted molar refractivity (Wildman–Crippen MR) is 314 cm³/mol. The first kappa shape index (κ1) is 46.8.